The molecule has 0 aliphatic carbocycles. The fourth-order valence-electron chi connectivity index (χ4n) is 7.50. The van der Waals surface area contributed by atoms with Gasteiger partial charge in [-0.15, -0.1) is 0 Å². The Morgan fingerprint density at radius 1 is 0.447 bits per heavy atom. The summed E-state index contributed by atoms with van der Waals surface area (Å²) in [6, 6.07) is 53.0. The molecule has 7 aromatic carbocycles. The Balaban J connectivity index is 1.27. The first kappa shape index (κ1) is 25.7. The highest BCUT2D eigenvalue weighted by Crippen LogP contribution is 2.41. The highest BCUT2D eigenvalue weighted by molar-refractivity contribution is 6.17. The summed E-state index contributed by atoms with van der Waals surface area (Å²) < 4.78 is 11.0. The van der Waals surface area contributed by atoms with Gasteiger partial charge < -0.3 is 13.6 Å². The lowest BCUT2D eigenvalue weighted by atomic mass is 10.0. The largest absolute Gasteiger partial charge is 0.456 e. The number of furan rings is 1. The Hall–Kier alpha value is -6.57. The Labute approximate surface area is 269 Å². The Morgan fingerprint density at radius 3 is 1.77 bits per heavy atom. The molecule has 10 aromatic rings. The van der Waals surface area contributed by atoms with Crippen molar-refractivity contribution in [1.29, 1.82) is 0 Å². The van der Waals surface area contributed by atoms with E-state index in [9.17, 15) is 0 Å². The van der Waals surface area contributed by atoms with E-state index in [0.29, 0.717) is 5.69 Å². The summed E-state index contributed by atoms with van der Waals surface area (Å²) in [4.78, 5) is 3.96. The van der Waals surface area contributed by atoms with Gasteiger partial charge in [-0.25, -0.2) is 4.85 Å². The van der Waals surface area contributed by atoms with Crippen LogP contribution in [0.5, 0.6) is 0 Å². The van der Waals surface area contributed by atoms with Crippen molar-refractivity contribution >= 4 is 71.2 Å². The van der Waals surface area contributed by atoms with E-state index in [1.54, 1.807) is 0 Å². The van der Waals surface area contributed by atoms with E-state index in [1.165, 1.54) is 16.2 Å². The van der Waals surface area contributed by atoms with Crippen LogP contribution >= 0.6 is 0 Å². The smallest absolute Gasteiger partial charge is 0.189 e. The molecule has 4 nitrogen and oxygen atoms in total. The summed E-state index contributed by atoms with van der Waals surface area (Å²) in [7, 11) is 0. The summed E-state index contributed by atoms with van der Waals surface area (Å²) in [6.07, 6.45) is 0. The number of aromatic nitrogens is 2. The third kappa shape index (κ3) is 3.69. The highest BCUT2D eigenvalue weighted by atomic mass is 16.3. The number of para-hydroxylation sites is 5. The molecule has 10 rings (SSSR count). The molecule has 0 aliphatic rings. The van der Waals surface area contributed by atoms with Gasteiger partial charge in [0.2, 0.25) is 0 Å². The van der Waals surface area contributed by atoms with Gasteiger partial charge in [-0.3, -0.25) is 0 Å². The SMILES string of the molecule is [C-]#[N+]c1cc(-c2ccccc2-n2c3ccccc3c3cc4oc5ccccc5c4cc32)cc(-n2c3ccccc3c3ccccc32)c1. The predicted octanol–water partition coefficient (Wildman–Crippen LogP) is 12.0. The van der Waals surface area contributed by atoms with Gasteiger partial charge in [0.1, 0.15) is 11.2 Å². The fourth-order valence-corrected chi connectivity index (χ4v) is 7.50. The van der Waals surface area contributed by atoms with Gasteiger partial charge in [-0.05, 0) is 66.2 Å². The number of fused-ring (bicyclic) bond motifs is 9. The molecule has 0 unspecified atom stereocenters. The van der Waals surface area contributed by atoms with Crippen molar-refractivity contribution in [3.63, 3.8) is 0 Å². The summed E-state index contributed by atoms with van der Waals surface area (Å²) >= 11 is 0. The lowest BCUT2D eigenvalue weighted by Crippen LogP contribution is -1.98. The van der Waals surface area contributed by atoms with E-state index < -0.39 is 0 Å². The van der Waals surface area contributed by atoms with Gasteiger partial charge >= 0.3 is 0 Å². The van der Waals surface area contributed by atoms with Crippen LogP contribution in [0.25, 0.3) is 92.9 Å². The number of benzene rings is 7. The van der Waals surface area contributed by atoms with Crippen LogP contribution in [0.2, 0.25) is 0 Å². The molecular weight excluding hydrogens is 574 g/mol. The summed E-state index contributed by atoms with van der Waals surface area (Å²) in [5.74, 6) is 0. The lowest BCUT2D eigenvalue weighted by molar-refractivity contribution is 0.669. The second-order valence-corrected chi connectivity index (χ2v) is 12.1. The first-order valence-electron chi connectivity index (χ1n) is 15.7. The molecule has 0 N–H and O–H groups in total. The highest BCUT2D eigenvalue weighted by Gasteiger charge is 2.19. The quantitative estimate of drug-likeness (QED) is 0.186. The minimum Gasteiger partial charge on any atom is -0.456 e. The van der Waals surface area contributed by atoms with Crippen LogP contribution < -0.4 is 0 Å². The van der Waals surface area contributed by atoms with Gasteiger partial charge in [-0.1, -0.05) is 91.0 Å². The summed E-state index contributed by atoms with van der Waals surface area (Å²) in [5, 5.41) is 6.90. The molecule has 0 atom stereocenters. The molecule has 47 heavy (non-hydrogen) atoms. The Morgan fingerprint density at radius 2 is 1.04 bits per heavy atom. The monoisotopic (exact) mass is 599 g/mol. The molecule has 0 saturated carbocycles. The molecule has 4 heteroatoms. The van der Waals surface area contributed by atoms with Crippen LogP contribution in [-0.2, 0) is 0 Å². The molecule has 0 spiro atoms. The van der Waals surface area contributed by atoms with Crippen LogP contribution in [0, 0.1) is 6.57 Å². The van der Waals surface area contributed by atoms with Gasteiger partial charge in [-0.2, -0.15) is 0 Å². The van der Waals surface area contributed by atoms with Crippen molar-refractivity contribution < 1.29 is 4.42 Å². The second kappa shape index (κ2) is 9.71. The Kier molecular flexibility index (Phi) is 5.32. The maximum Gasteiger partial charge on any atom is 0.189 e. The fraction of sp³-hybridized carbons (Fsp3) is 0. The molecule has 3 heterocycles. The average Bonchev–Trinajstić information content (AvgIpc) is 3.77. The molecule has 0 radical (unpaired) electrons. The van der Waals surface area contributed by atoms with E-state index in [1.807, 2.05) is 24.3 Å². The van der Waals surface area contributed by atoms with Crippen molar-refractivity contribution in [3.05, 3.63) is 163 Å². The number of nitrogens with zero attached hydrogens (tertiary/aromatic N) is 3. The van der Waals surface area contributed by atoms with E-state index in [0.717, 1.165) is 71.9 Å². The number of rotatable bonds is 3. The van der Waals surface area contributed by atoms with Crippen molar-refractivity contribution in [2.24, 2.45) is 0 Å². The van der Waals surface area contributed by atoms with E-state index >= 15 is 0 Å². The van der Waals surface area contributed by atoms with Gasteiger partial charge in [0, 0.05) is 43.6 Å². The van der Waals surface area contributed by atoms with Crippen LogP contribution in [0.4, 0.5) is 5.69 Å². The summed E-state index contributed by atoms with van der Waals surface area (Å²) in [6.45, 7) is 8.09. The summed E-state index contributed by atoms with van der Waals surface area (Å²) in [5.41, 5.74) is 10.9. The maximum absolute atomic E-state index is 8.09. The van der Waals surface area contributed by atoms with Crippen molar-refractivity contribution in [1.82, 2.24) is 9.13 Å². The van der Waals surface area contributed by atoms with Crippen LogP contribution in [0.3, 0.4) is 0 Å². The third-order valence-corrected chi connectivity index (χ3v) is 9.50. The first-order valence-corrected chi connectivity index (χ1v) is 15.7. The van der Waals surface area contributed by atoms with E-state index in [-0.39, 0.29) is 0 Å². The molecule has 0 fully saturated rings. The predicted molar refractivity (Wildman–Crippen MR) is 194 cm³/mol. The van der Waals surface area contributed by atoms with Crippen LogP contribution in [0.15, 0.2) is 156 Å². The van der Waals surface area contributed by atoms with E-state index in [4.69, 9.17) is 11.0 Å². The van der Waals surface area contributed by atoms with Crippen molar-refractivity contribution in [2.45, 2.75) is 0 Å². The Bertz CT molecular complexity index is 2880. The van der Waals surface area contributed by atoms with Crippen molar-refractivity contribution in [3.8, 4) is 22.5 Å². The standard InChI is InChI=1S/C43H25N3O/c1-44-28-22-27(23-29(24-28)45-38-18-8-3-13-31(38)32-14-4-9-19-39(32)45)30-12-2-7-17-37(30)46-40-20-10-5-15-33(40)35-26-43-36(25-41(35)46)34-16-6-11-21-42(34)47-43/h2-26H. The van der Waals surface area contributed by atoms with Crippen LogP contribution in [-0.4, -0.2) is 9.13 Å². The van der Waals surface area contributed by atoms with Gasteiger partial charge in [0.15, 0.2) is 5.69 Å². The van der Waals surface area contributed by atoms with Crippen molar-refractivity contribution in [2.75, 3.05) is 0 Å². The van der Waals surface area contributed by atoms with Gasteiger partial charge in [0.05, 0.1) is 34.3 Å². The lowest BCUT2D eigenvalue weighted by Gasteiger charge is -2.16. The topological polar surface area (TPSA) is 27.4 Å². The molecule has 3 aromatic heterocycles. The number of hydrogen-bond acceptors (Lipinski definition) is 1. The van der Waals surface area contributed by atoms with Crippen LogP contribution in [0.1, 0.15) is 0 Å². The molecular formula is C43H25N3O. The minimum atomic E-state index is 0.600. The zero-order valence-electron chi connectivity index (χ0n) is 25.2. The van der Waals surface area contributed by atoms with E-state index in [2.05, 4.69) is 141 Å². The second-order valence-electron chi connectivity index (χ2n) is 12.1. The normalized spacial score (nSPS) is 11.8. The third-order valence-electron chi connectivity index (χ3n) is 9.50. The number of hydrogen-bond donors (Lipinski definition) is 0. The molecule has 0 amide bonds. The zero-order valence-corrected chi connectivity index (χ0v) is 25.2. The zero-order chi connectivity index (χ0) is 31.1. The van der Waals surface area contributed by atoms with Gasteiger partial charge in [0.25, 0.3) is 0 Å². The average molecular weight is 600 g/mol. The molecule has 0 saturated heterocycles. The first-order chi connectivity index (χ1) is 23.3. The minimum absolute atomic E-state index is 0.600. The molecule has 0 aliphatic heterocycles. The molecule has 0 bridgehead atoms. The molecule has 218 valence electrons. The maximum atomic E-state index is 8.09.